The number of amides is 2. The highest BCUT2D eigenvalue weighted by molar-refractivity contribution is 5.99. The molecule has 1 aromatic heterocycles. The van der Waals surface area contributed by atoms with E-state index >= 15 is 0 Å². The molecule has 1 heterocycles. The molecule has 0 aliphatic heterocycles. The number of carbonyl (C=O) groups excluding carboxylic acids is 2. The Morgan fingerprint density at radius 1 is 1.28 bits per heavy atom. The zero-order chi connectivity index (χ0) is 18.1. The van der Waals surface area contributed by atoms with Gasteiger partial charge in [-0.1, -0.05) is 23.4 Å². The monoisotopic (exact) mass is 345 g/mol. The van der Waals surface area contributed by atoms with Crippen molar-refractivity contribution < 1.29 is 18.8 Å². The topological polar surface area (TPSA) is 84.7 Å². The van der Waals surface area contributed by atoms with E-state index in [1.165, 1.54) is 11.2 Å². The van der Waals surface area contributed by atoms with Crippen LogP contribution in [-0.4, -0.2) is 48.2 Å². The zero-order valence-corrected chi connectivity index (χ0v) is 14.5. The number of benzene rings is 1. The SMILES string of the molecule is CCOCCCN(CC(=O)Nc1ccon1)C(=O)c1ccccc1C. The van der Waals surface area contributed by atoms with E-state index in [4.69, 9.17) is 4.74 Å². The Morgan fingerprint density at radius 3 is 2.76 bits per heavy atom. The third kappa shape index (κ3) is 5.72. The molecule has 0 saturated heterocycles. The van der Waals surface area contributed by atoms with E-state index in [-0.39, 0.29) is 18.4 Å². The molecule has 0 aliphatic rings. The Hall–Kier alpha value is -2.67. The molecule has 25 heavy (non-hydrogen) atoms. The first kappa shape index (κ1) is 18.7. The van der Waals surface area contributed by atoms with Gasteiger partial charge in [0.25, 0.3) is 5.91 Å². The molecule has 0 radical (unpaired) electrons. The molecular weight excluding hydrogens is 322 g/mol. The van der Waals surface area contributed by atoms with Crippen molar-refractivity contribution in [2.45, 2.75) is 20.3 Å². The van der Waals surface area contributed by atoms with Crippen molar-refractivity contribution in [1.29, 1.82) is 0 Å². The van der Waals surface area contributed by atoms with Gasteiger partial charge < -0.3 is 19.5 Å². The van der Waals surface area contributed by atoms with E-state index < -0.39 is 0 Å². The predicted molar refractivity (Wildman–Crippen MR) is 93.3 cm³/mol. The normalized spacial score (nSPS) is 10.5. The quantitative estimate of drug-likeness (QED) is 0.706. The number of anilines is 1. The summed E-state index contributed by atoms with van der Waals surface area (Å²) in [5.41, 5.74) is 1.47. The van der Waals surface area contributed by atoms with E-state index in [1.54, 1.807) is 12.1 Å². The second kappa shape index (κ2) is 9.58. The fraction of sp³-hybridized carbons (Fsp3) is 0.389. The van der Waals surface area contributed by atoms with E-state index in [0.717, 1.165) is 5.56 Å². The lowest BCUT2D eigenvalue weighted by molar-refractivity contribution is -0.117. The van der Waals surface area contributed by atoms with Crippen molar-refractivity contribution in [3.8, 4) is 0 Å². The molecular formula is C18H23N3O4. The Labute approximate surface area is 146 Å². The van der Waals surface area contributed by atoms with E-state index in [0.29, 0.717) is 37.6 Å². The third-order valence-electron chi connectivity index (χ3n) is 3.62. The maximum absolute atomic E-state index is 12.8. The number of ether oxygens (including phenoxy) is 1. The summed E-state index contributed by atoms with van der Waals surface area (Å²) >= 11 is 0. The molecule has 1 N–H and O–H groups in total. The van der Waals surface area contributed by atoms with Crippen LogP contribution in [0.15, 0.2) is 41.1 Å². The van der Waals surface area contributed by atoms with Crippen LogP contribution in [0.4, 0.5) is 5.82 Å². The lowest BCUT2D eigenvalue weighted by Crippen LogP contribution is -2.39. The predicted octanol–water partition coefficient (Wildman–Crippen LogP) is 2.49. The highest BCUT2D eigenvalue weighted by Gasteiger charge is 2.20. The number of nitrogens with one attached hydrogen (secondary N) is 1. The fourth-order valence-corrected chi connectivity index (χ4v) is 2.37. The summed E-state index contributed by atoms with van der Waals surface area (Å²) in [5.74, 6) is -0.181. The maximum atomic E-state index is 12.8. The number of hydrogen-bond donors (Lipinski definition) is 1. The summed E-state index contributed by atoms with van der Waals surface area (Å²) < 4.78 is 10.0. The van der Waals surface area contributed by atoms with E-state index in [1.807, 2.05) is 32.0 Å². The van der Waals surface area contributed by atoms with Gasteiger partial charge in [-0.3, -0.25) is 9.59 Å². The van der Waals surface area contributed by atoms with Crippen LogP contribution >= 0.6 is 0 Å². The Morgan fingerprint density at radius 2 is 2.08 bits per heavy atom. The van der Waals surface area contributed by atoms with Gasteiger partial charge in [0.15, 0.2) is 5.82 Å². The number of aromatic nitrogens is 1. The Balaban J connectivity index is 2.04. The Kier molecular flexibility index (Phi) is 7.16. The fourth-order valence-electron chi connectivity index (χ4n) is 2.37. The molecule has 0 aliphatic carbocycles. The van der Waals surface area contributed by atoms with Gasteiger partial charge in [-0.25, -0.2) is 0 Å². The van der Waals surface area contributed by atoms with Crippen LogP contribution in [-0.2, 0) is 9.53 Å². The molecule has 0 saturated carbocycles. The minimum absolute atomic E-state index is 0.0633. The molecule has 1 aromatic carbocycles. The van der Waals surface area contributed by atoms with Gasteiger partial charge in [0.05, 0.1) is 0 Å². The van der Waals surface area contributed by atoms with Gasteiger partial charge in [-0.15, -0.1) is 0 Å². The number of rotatable bonds is 9. The highest BCUT2D eigenvalue weighted by Crippen LogP contribution is 2.12. The minimum atomic E-state index is -0.327. The van der Waals surface area contributed by atoms with Gasteiger partial charge >= 0.3 is 0 Å². The standard InChI is InChI=1S/C18H23N3O4/c1-3-24-11-6-10-21(13-17(22)19-16-9-12-25-20-16)18(23)15-8-5-4-7-14(15)2/h4-5,7-9,12H,3,6,10-11,13H2,1-2H3,(H,19,20,22). The van der Waals surface area contributed by atoms with E-state index in [2.05, 4.69) is 15.0 Å². The molecule has 0 fully saturated rings. The van der Waals surface area contributed by atoms with Gasteiger partial charge in [-0.05, 0) is 31.9 Å². The van der Waals surface area contributed by atoms with Crippen LogP contribution in [0.25, 0.3) is 0 Å². The molecule has 2 amide bonds. The molecule has 134 valence electrons. The second-order valence-electron chi connectivity index (χ2n) is 5.52. The second-order valence-corrected chi connectivity index (χ2v) is 5.52. The molecule has 2 rings (SSSR count). The molecule has 2 aromatic rings. The first-order valence-corrected chi connectivity index (χ1v) is 8.24. The average molecular weight is 345 g/mol. The first-order valence-electron chi connectivity index (χ1n) is 8.24. The summed E-state index contributed by atoms with van der Waals surface area (Å²) in [4.78, 5) is 26.6. The van der Waals surface area contributed by atoms with Crippen LogP contribution < -0.4 is 5.32 Å². The van der Waals surface area contributed by atoms with Crippen molar-refractivity contribution >= 4 is 17.6 Å². The third-order valence-corrected chi connectivity index (χ3v) is 3.62. The lowest BCUT2D eigenvalue weighted by atomic mass is 10.1. The lowest BCUT2D eigenvalue weighted by Gasteiger charge is -2.23. The number of nitrogens with zero attached hydrogens (tertiary/aromatic N) is 2. The molecule has 7 nitrogen and oxygen atoms in total. The summed E-state index contributed by atoms with van der Waals surface area (Å²) in [5, 5.41) is 6.24. The van der Waals surface area contributed by atoms with Gasteiger partial charge in [0.1, 0.15) is 12.8 Å². The number of aryl methyl sites for hydroxylation is 1. The van der Waals surface area contributed by atoms with Gasteiger partial charge in [0.2, 0.25) is 5.91 Å². The van der Waals surface area contributed by atoms with Gasteiger partial charge in [0, 0.05) is 31.4 Å². The van der Waals surface area contributed by atoms with Crippen molar-refractivity contribution in [2.24, 2.45) is 0 Å². The smallest absolute Gasteiger partial charge is 0.254 e. The molecule has 0 unspecified atom stereocenters. The van der Waals surface area contributed by atoms with Crippen molar-refractivity contribution in [1.82, 2.24) is 10.1 Å². The largest absolute Gasteiger partial charge is 0.382 e. The molecule has 0 atom stereocenters. The van der Waals surface area contributed by atoms with E-state index in [9.17, 15) is 9.59 Å². The molecule has 7 heteroatoms. The van der Waals surface area contributed by atoms with Crippen LogP contribution in [0.3, 0.4) is 0 Å². The van der Waals surface area contributed by atoms with Crippen LogP contribution in [0.1, 0.15) is 29.3 Å². The maximum Gasteiger partial charge on any atom is 0.254 e. The van der Waals surface area contributed by atoms with Crippen molar-refractivity contribution in [2.75, 3.05) is 31.6 Å². The van der Waals surface area contributed by atoms with Gasteiger partial charge in [-0.2, -0.15) is 0 Å². The first-order chi connectivity index (χ1) is 12.1. The molecule has 0 spiro atoms. The average Bonchev–Trinajstić information content (AvgIpc) is 3.10. The van der Waals surface area contributed by atoms with Crippen LogP contribution in [0, 0.1) is 6.92 Å². The number of hydrogen-bond acceptors (Lipinski definition) is 5. The highest BCUT2D eigenvalue weighted by atomic mass is 16.5. The van der Waals surface area contributed by atoms with Crippen LogP contribution in [0.5, 0.6) is 0 Å². The van der Waals surface area contributed by atoms with Crippen LogP contribution in [0.2, 0.25) is 0 Å². The zero-order valence-electron chi connectivity index (χ0n) is 14.5. The number of carbonyl (C=O) groups is 2. The minimum Gasteiger partial charge on any atom is -0.382 e. The molecule has 0 bridgehead atoms. The summed E-state index contributed by atoms with van der Waals surface area (Å²) in [6.07, 6.45) is 2.02. The van der Waals surface area contributed by atoms with Crippen molar-refractivity contribution in [3.05, 3.63) is 47.7 Å². The Bertz CT molecular complexity index is 685. The summed E-state index contributed by atoms with van der Waals surface area (Å²) in [6.45, 7) is 5.32. The summed E-state index contributed by atoms with van der Waals surface area (Å²) in [7, 11) is 0. The summed E-state index contributed by atoms with van der Waals surface area (Å²) in [6, 6.07) is 8.88. The van der Waals surface area contributed by atoms with Crippen molar-refractivity contribution in [3.63, 3.8) is 0 Å².